The van der Waals surface area contributed by atoms with E-state index in [1.165, 1.54) is 4.90 Å². The number of benzene rings is 2. The summed E-state index contributed by atoms with van der Waals surface area (Å²) in [7, 11) is 0. The smallest absolute Gasteiger partial charge is 0.255 e. The molecule has 2 saturated heterocycles. The highest BCUT2D eigenvalue weighted by molar-refractivity contribution is 6.31. The second-order valence-electron chi connectivity index (χ2n) is 16.2. The predicted molar refractivity (Wildman–Crippen MR) is 211 cm³/mol. The molecule has 3 fully saturated rings. The fourth-order valence-corrected chi connectivity index (χ4v) is 9.13. The zero-order valence-electron chi connectivity index (χ0n) is 32.7. The van der Waals surface area contributed by atoms with Gasteiger partial charge in [-0.05, 0) is 42.8 Å². The Morgan fingerprint density at radius 2 is 1.79 bits per heavy atom. The average Bonchev–Trinajstić information content (AvgIpc) is 3.53. The predicted octanol–water partition coefficient (Wildman–Crippen LogP) is 4.20. The molecule has 1 saturated carbocycles. The molecule has 1 atom stereocenters. The number of hydrogen-bond donors (Lipinski definition) is 2. The number of rotatable bonds is 13. The number of nitriles is 1. The zero-order valence-corrected chi connectivity index (χ0v) is 33.4. The fraction of sp³-hybridized carbons (Fsp3) is 0.476. The van der Waals surface area contributed by atoms with Crippen molar-refractivity contribution < 1.29 is 33.4 Å². The van der Waals surface area contributed by atoms with Gasteiger partial charge in [0.2, 0.25) is 11.8 Å². The van der Waals surface area contributed by atoms with E-state index >= 15 is 0 Å². The number of pyridine rings is 1. The molecule has 57 heavy (non-hydrogen) atoms. The van der Waals surface area contributed by atoms with Crippen LogP contribution in [0.2, 0.25) is 5.02 Å². The summed E-state index contributed by atoms with van der Waals surface area (Å²) in [6.07, 6.45) is 1.95. The minimum Gasteiger partial charge on any atom is -0.491 e. The number of hydrogen-bond acceptors (Lipinski definition) is 11. The van der Waals surface area contributed by atoms with E-state index in [0.717, 1.165) is 44.1 Å². The van der Waals surface area contributed by atoms with Gasteiger partial charge in [0, 0.05) is 79.4 Å². The van der Waals surface area contributed by atoms with Gasteiger partial charge in [0.15, 0.2) is 0 Å². The number of anilines is 1. The first kappa shape index (κ1) is 40.0. The number of piperazine rings is 1. The van der Waals surface area contributed by atoms with Crippen LogP contribution in [0.5, 0.6) is 11.5 Å². The van der Waals surface area contributed by atoms with Crippen molar-refractivity contribution in [3.05, 3.63) is 82.0 Å². The van der Waals surface area contributed by atoms with Gasteiger partial charge in [0.1, 0.15) is 42.1 Å². The van der Waals surface area contributed by atoms with Crippen molar-refractivity contribution in [3.63, 3.8) is 0 Å². The molecule has 14 nitrogen and oxygen atoms in total. The average molecular weight is 798 g/mol. The molecule has 1 aliphatic carbocycles. The van der Waals surface area contributed by atoms with Crippen LogP contribution >= 0.6 is 11.6 Å². The molecule has 4 heterocycles. The summed E-state index contributed by atoms with van der Waals surface area (Å²) in [5, 5.41) is 15.1. The lowest BCUT2D eigenvalue weighted by Crippen LogP contribution is -2.74. The number of fused-ring (bicyclic) bond motifs is 1. The largest absolute Gasteiger partial charge is 0.491 e. The molecule has 0 bridgehead atoms. The summed E-state index contributed by atoms with van der Waals surface area (Å²) in [5.74, 6) is 0.834. The molecule has 2 N–H and O–H groups in total. The lowest BCUT2D eigenvalue weighted by molar-refractivity contribution is -0.164. The van der Waals surface area contributed by atoms with Crippen molar-refractivity contribution in [2.45, 2.75) is 65.3 Å². The van der Waals surface area contributed by atoms with Crippen molar-refractivity contribution >= 4 is 41.0 Å². The van der Waals surface area contributed by atoms with Crippen molar-refractivity contribution in [1.29, 1.82) is 5.26 Å². The molecule has 15 heteroatoms. The Bertz CT molecular complexity index is 2060. The third kappa shape index (κ3) is 8.14. The summed E-state index contributed by atoms with van der Waals surface area (Å²) < 4.78 is 18.2. The van der Waals surface area contributed by atoms with E-state index in [4.69, 9.17) is 25.8 Å². The first-order chi connectivity index (χ1) is 27.3. The minimum atomic E-state index is -0.671. The maximum absolute atomic E-state index is 13.4. The van der Waals surface area contributed by atoms with Gasteiger partial charge in [-0.25, -0.2) is 4.98 Å². The highest BCUT2D eigenvalue weighted by Gasteiger charge is 2.64. The SMILES string of the molecule is CC1(C)[C@H](NC(=O)c2ccc(N3CCN(CCOCCOc4cccc5c4CN(C4CCC(=O)NC4=O)C5=O)CC3)nc2)C(C)(C)[C@H]1Oc1ccc(C#N)c(Cl)c1. The van der Waals surface area contributed by atoms with Crippen molar-refractivity contribution in [2.75, 3.05) is 57.4 Å². The molecule has 1 aromatic heterocycles. The van der Waals surface area contributed by atoms with E-state index in [-0.39, 0.29) is 53.7 Å². The van der Waals surface area contributed by atoms with Gasteiger partial charge < -0.3 is 29.3 Å². The highest BCUT2D eigenvalue weighted by Crippen LogP contribution is 2.55. The van der Waals surface area contributed by atoms with Gasteiger partial charge in [0.25, 0.3) is 11.8 Å². The number of imide groups is 1. The van der Waals surface area contributed by atoms with Gasteiger partial charge in [-0.2, -0.15) is 5.26 Å². The second-order valence-corrected chi connectivity index (χ2v) is 16.6. The Kier molecular flexibility index (Phi) is 11.5. The van der Waals surface area contributed by atoms with Crippen LogP contribution in [0.4, 0.5) is 5.82 Å². The Hall–Kier alpha value is -5.23. The standard InChI is InChI=1S/C42H48ClN7O7/c1-41(2)39(42(3,4)40(41)57-28-10-8-26(23-44)31(43)22-28)47-36(52)27-9-12-34(45-24-27)49-16-14-48(15-17-49)18-19-55-20-21-56-33-7-5-6-29-30(33)25-50(38(29)54)32-11-13-35(51)46-37(32)53/h5-10,12,22,24,32,39-40H,11,13-21,25H2,1-4H3,(H,47,52)(H,46,51,53)/t32?,39-,40-. The van der Waals surface area contributed by atoms with Crippen LogP contribution in [-0.4, -0.2) is 109 Å². The number of nitrogens with zero attached hydrogens (tertiary/aromatic N) is 5. The number of nitrogens with one attached hydrogen (secondary N) is 2. The molecule has 0 spiro atoms. The summed E-state index contributed by atoms with van der Waals surface area (Å²) in [6, 6.07) is 15.3. The second kappa shape index (κ2) is 16.3. The van der Waals surface area contributed by atoms with Crippen LogP contribution in [0.1, 0.15) is 72.4 Å². The van der Waals surface area contributed by atoms with E-state index in [1.807, 2.05) is 18.2 Å². The van der Waals surface area contributed by atoms with E-state index in [2.05, 4.69) is 59.2 Å². The first-order valence-electron chi connectivity index (χ1n) is 19.4. The van der Waals surface area contributed by atoms with Gasteiger partial charge >= 0.3 is 0 Å². The van der Waals surface area contributed by atoms with Crippen molar-refractivity contribution in [2.24, 2.45) is 10.8 Å². The zero-order chi connectivity index (χ0) is 40.5. The van der Waals surface area contributed by atoms with E-state index in [9.17, 15) is 24.4 Å². The Morgan fingerprint density at radius 1 is 1.02 bits per heavy atom. The normalized spacial score (nSPS) is 22.6. The number of aromatic nitrogens is 1. The molecule has 4 aliphatic rings. The van der Waals surface area contributed by atoms with Crippen LogP contribution in [0.3, 0.4) is 0 Å². The quantitative estimate of drug-likeness (QED) is 0.188. The monoisotopic (exact) mass is 797 g/mol. The van der Waals surface area contributed by atoms with Crippen molar-refractivity contribution in [3.8, 4) is 17.6 Å². The summed E-state index contributed by atoms with van der Waals surface area (Å²) in [4.78, 5) is 61.2. The summed E-state index contributed by atoms with van der Waals surface area (Å²) >= 11 is 6.23. The molecule has 300 valence electrons. The molecule has 0 radical (unpaired) electrons. The number of ether oxygens (including phenoxy) is 3. The van der Waals surface area contributed by atoms with Crippen LogP contribution in [0.25, 0.3) is 0 Å². The van der Waals surface area contributed by atoms with Crippen LogP contribution in [0, 0.1) is 22.2 Å². The molecule has 7 rings (SSSR count). The number of amides is 4. The third-order valence-electron chi connectivity index (χ3n) is 11.7. The minimum absolute atomic E-state index is 0.156. The van der Waals surface area contributed by atoms with Crippen molar-refractivity contribution in [1.82, 2.24) is 25.4 Å². The number of piperidine rings is 1. The lowest BCUT2D eigenvalue weighted by atomic mass is 9.49. The number of carbonyl (C=O) groups is 4. The maximum Gasteiger partial charge on any atom is 0.255 e. The Balaban J connectivity index is 0.812. The Labute approximate surface area is 337 Å². The summed E-state index contributed by atoms with van der Waals surface area (Å²) in [5.41, 5.74) is 1.40. The van der Waals surface area contributed by atoms with Gasteiger partial charge in [-0.3, -0.25) is 29.4 Å². The molecule has 3 aliphatic heterocycles. The van der Waals surface area contributed by atoms with Crippen LogP contribution in [0.15, 0.2) is 54.7 Å². The van der Waals surface area contributed by atoms with Gasteiger partial charge in [-0.1, -0.05) is 45.4 Å². The number of carbonyl (C=O) groups excluding carboxylic acids is 4. The van der Waals surface area contributed by atoms with Crippen LogP contribution in [-0.2, 0) is 20.9 Å². The van der Waals surface area contributed by atoms with Crippen LogP contribution < -0.4 is 25.0 Å². The van der Waals surface area contributed by atoms with E-state index in [0.29, 0.717) is 59.5 Å². The molecule has 4 amide bonds. The maximum atomic E-state index is 13.4. The molecular formula is C42H48ClN7O7. The van der Waals surface area contributed by atoms with E-state index in [1.54, 1.807) is 36.5 Å². The summed E-state index contributed by atoms with van der Waals surface area (Å²) in [6.45, 7) is 13.9. The number of halogens is 1. The molecule has 2 aromatic carbocycles. The topological polar surface area (TPSA) is 166 Å². The van der Waals surface area contributed by atoms with Gasteiger partial charge in [-0.15, -0.1) is 0 Å². The van der Waals surface area contributed by atoms with Gasteiger partial charge in [0.05, 0.1) is 35.9 Å². The fourth-order valence-electron chi connectivity index (χ4n) is 8.92. The van der Waals surface area contributed by atoms with E-state index < -0.39 is 11.9 Å². The Morgan fingerprint density at radius 3 is 2.47 bits per heavy atom. The molecule has 3 aromatic rings. The third-order valence-corrected chi connectivity index (χ3v) is 12.0. The highest BCUT2D eigenvalue weighted by atomic mass is 35.5. The molecule has 1 unspecified atom stereocenters. The lowest BCUT2D eigenvalue weighted by Gasteiger charge is -2.63. The first-order valence-corrected chi connectivity index (χ1v) is 19.7. The molecular weight excluding hydrogens is 750 g/mol.